The largest absolute Gasteiger partial charge is 0.493 e. The van der Waals surface area contributed by atoms with Crippen molar-refractivity contribution in [3.05, 3.63) is 95.6 Å². The van der Waals surface area contributed by atoms with E-state index in [0.717, 1.165) is 16.7 Å². The number of rotatable bonds is 10. The van der Waals surface area contributed by atoms with Crippen LogP contribution in [0, 0.1) is 5.92 Å². The highest BCUT2D eigenvalue weighted by molar-refractivity contribution is 5.73. The molecule has 1 atom stereocenters. The van der Waals surface area contributed by atoms with Gasteiger partial charge in [0, 0.05) is 0 Å². The summed E-state index contributed by atoms with van der Waals surface area (Å²) in [6, 6.07) is 24.8. The Bertz CT molecular complexity index is 946. The first-order valence-electron chi connectivity index (χ1n) is 10.2. The van der Waals surface area contributed by atoms with Crippen molar-refractivity contribution in [2.45, 2.75) is 18.9 Å². The number of methoxy groups -OCH3 is 2. The molecule has 1 N–H and O–H groups in total. The van der Waals surface area contributed by atoms with Crippen LogP contribution in [0.15, 0.2) is 78.9 Å². The van der Waals surface area contributed by atoms with E-state index in [0.29, 0.717) is 24.5 Å². The predicted molar refractivity (Wildman–Crippen MR) is 120 cm³/mol. The van der Waals surface area contributed by atoms with Crippen molar-refractivity contribution in [1.29, 1.82) is 0 Å². The lowest BCUT2D eigenvalue weighted by atomic mass is 9.76. The molecule has 3 aromatic carbocycles. The smallest absolute Gasteiger partial charge is 0.309 e. The second kappa shape index (κ2) is 10.1. The molecule has 3 rings (SSSR count). The Labute approximate surface area is 183 Å². The Kier molecular flexibility index (Phi) is 7.32. The molecule has 0 saturated carbocycles. The zero-order valence-electron chi connectivity index (χ0n) is 18.1. The Morgan fingerprint density at radius 1 is 0.871 bits per heavy atom. The van der Waals surface area contributed by atoms with Gasteiger partial charge in [0.1, 0.15) is 5.60 Å². The van der Waals surface area contributed by atoms with Crippen molar-refractivity contribution in [1.82, 2.24) is 0 Å². The minimum absolute atomic E-state index is 0.330. The maximum Gasteiger partial charge on any atom is 0.309 e. The lowest BCUT2D eigenvalue weighted by Gasteiger charge is -2.38. The van der Waals surface area contributed by atoms with Gasteiger partial charge in [-0.05, 0) is 42.2 Å². The number of benzene rings is 3. The highest BCUT2D eigenvalue weighted by atomic mass is 16.5. The van der Waals surface area contributed by atoms with Gasteiger partial charge in [-0.25, -0.2) is 0 Å². The van der Waals surface area contributed by atoms with Crippen LogP contribution in [0.1, 0.15) is 23.6 Å². The first kappa shape index (κ1) is 22.4. The van der Waals surface area contributed by atoms with Crippen molar-refractivity contribution >= 4 is 5.97 Å². The minimum Gasteiger partial charge on any atom is -0.493 e. The van der Waals surface area contributed by atoms with Gasteiger partial charge >= 0.3 is 5.97 Å². The number of hydrogen-bond donors (Lipinski definition) is 1. The Morgan fingerprint density at radius 3 is 1.90 bits per heavy atom. The van der Waals surface area contributed by atoms with Crippen molar-refractivity contribution < 1.29 is 24.1 Å². The van der Waals surface area contributed by atoms with E-state index in [9.17, 15) is 9.90 Å². The summed E-state index contributed by atoms with van der Waals surface area (Å²) in [4.78, 5) is 12.2. The SMILES string of the molecule is COc1ccc(CCOC(c2ccccc2)(c2ccccc2)[C@H](C)C(=O)O)cc1OC. The van der Waals surface area contributed by atoms with Gasteiger partial charge < -0.3 is 19.3 Å². The average molecular weight is 421 g/mol. The zero-order valence-corrected chi connectivity index (χ0v) is 18.1. The van der Waals surface area contributed by atoms with Crippen LogP contribution in [0.2, 0.25) is 0 Å². The lowest BCUT2D eigenvalue weighted by molar-refractivity contribution is -0.153. The first-order valence-corrected chi connectivity index (χ1v) is 10.2. The molecule has 0 fully saturated rings. The second-order valence-corrected chi connectivity index (χ2v) is 7.32. The van der Waals surface area contributed by atoms with Crippen LogP contribution < -0.4 is 9.47 Å². The van der Waals surface area contributed by atoms with Crippen LogP contribution in [-0.2, 0) is 21.6 Å². The fourth-order valence-corrected chi connectivity index (χ4v) is 3.87. The Hall–Kier alpha value is -3.31. The fourth-order valence-electron chi connectivity index (χ4n) is 3.87. The molecule has 0 amide bonds. The van der Waals surface area contributed by atoms with Gasteiger partial charge in [-0.2, -0.15) is 0 Å². The summed E-state index contributed by atoms with van der Waals surface area (Å²) < 4.78 is 17.2. The third-order valence-electron chi connectivity index (χ3n) is 5.55. The van der Waals surface area contributed by atoms with Crippen molar-refractivity contribution in [2.24, 2.45) is 5.92 Å². The lowest BCUT2D eigenvalue weighted by Crippen LogP contribution is -2.42. The van der Waals surface area contributed by atoms with Crippen molar-refractivity contribution in [2.75, 3.05) is 20.8 Å². The first-order chi connectivity index (χ1) is 15.0. The van der Waals surface area contributed by atoms with Crippen LogP contribution in [0.25, 0.3) is 0 Å². The third kappa shape index (κ3) is 4.72. The van der Waals surface area contributed by atoms with E-state index in [-0.39, 0.29) is 0 Å². The molecular weight excluding hydrogens is 392 g/mol. The van der Waals surface area contributed by atoms with E-state index in [2.05, 4.69) is 0 Å². The molecule has 5 heteroatoms. The molecule has 0 heterocycles. The number of carboxylic acids is 1. The summed E-state index contributed by atoms with van der Waals surface area (Å²) in [5.41, 5.74) is 1.51. The average Bonchev–Trinajstić information content (AvgIpc) is 2.82. The van der Waals surface area contributed by atoms with E-state index < -0.39 is 17.5 Å². The summed E-state index contributed by atoms with van der Waals surface area (Å²) in [5, 5.41) is 9.97. The Balaban J connectivity index is 1.96. The van der Waals surface area contributed by atoms with E-state index in [1.165, 1.54) is 0 Å². The molecule has 0 radical (unpaired) electrons. The van der Waals surface area contributed by atoms with Gasteiger partial charge in [0.2, 0.25) is 0 Å². The monoisotopic (exact) mass is 420 g/mol. The molecule has 0 aliphatic rings. The number of carbonyl (C=O) groups is 1. The molecule has 0 unspecified atom stereocenters. The van der Waals surface area contributed by atoms with E-state index in [1.807, 2.05) is 78.9 Å². The molecule has 3 aromatic rings. The summed E-state index contributed by atoms with van der Waals surface area (Å²) in [5.74, 6) is -0.410. The minimum atomic E-state index is -1.12. The Morgan fingerprint density at radius 2 is 1.42 bits per heavy atom. The van der Waals surface area contributed by atoms with Crippen molar-refractivity contribution in [3.8, 4) is 11.5 Å². The third-order valence-corrected chi connectivity index (χ3v) is 5.55. The normalized spacial score (nSPS) is 12.2. The van der Waals surface area contributed by atoms with Crippen LogP contribution >= 0.6 is 0 Å². The van der Waals surface area contributed by atoms with E-state index in [1.54, 1.807) is 21.1 Å². The van der Waals surface area contributed by atoms with Crippen LogP contribution in [-0.4, -0.2) is 31.9 Å². The molecule has 0 spiro atoms. The van der Waals surface area contributed by atoms with Crippen LogP contribution in [0.4, 0.5) is 0 Å². The van der Waals surface area contributed by atoms with E-state index >= 15 is 0 Å². The van der Waals surface area contributed by atoms with Gasteiger partial charge in [0.05, 0.1) is 26.7 Å². The van der Waals surface area contributed by atoms with Crippen molar-refractivity contribution in [3.63, 3.8) is 0 Å². The van der Waals surface area contributed by atoms with Gasteiger partial charge in [-0.15, -0.1) is 0 Å². The quantitative estimate of drug-likeness (QED) is 0.504. The molecule has 0 aliphatic carbocycles. The van der Waals surface area contributed by atoms with Gasteiger partial charge in [0.15, 0.2) is 11.5 Å². The number of hydrogen-bond acceptors (Lipinski definition) is 4. The number of ether oxygens (including phenoxy) is 3. The topological polar surface area (TPSA) is 65.0 Å². The number of carboxylic acid groups (broad SMARTS) is 1. The maximum absolute atomic E-state index is 12.2. The highest BCUT2D eigenvalue weighted by Gasteiger charge is 2.44. The summed E-state index contributed by atoms with van der Waals surface area (Å²) in [6.07, 6.45) is 0.591. The summed E-state index contributed by atoms with van der Waals surface area (Å²) in [7, 11) is 3.20. The molecule has 0 saturated heterocycles. The predicted octanol–water partition coefficient (Wildman–Crippen LogP) is 4.93. The summed E-state index contributed by atoms with van der Waals surface area (Å²) >= 11 is 0. The standard InChI is InChI=1S/C26H28O5/c1-19(25(27)28)26(21-10-6-4-7-11-21,22-12-8-5-9-13-22)31-17-16-20-14-15-23(29-2)24(18-20)30-3/h4-15,18-19H,16-17H2,1-3H3,(H,27,28)/t19-/m1/s1. The highest BCUT2D eigenvalue weighted by Crippen LogP contribution is 2.41. The molecule has 0 bridgehead atoms. The second-order valence-electron chi connectivity index (χ2n) is 7.32. The van der Waals surface area contributed by atoms with Gasteiger partial charge in [-0.3, -0.25) is 4.79 Å². The molecule has 0 aliphatic heterocycles. The van der Waals surface area contributed by atoms with Gasteiger partial charge in [0.25, 0.3) is 0 Å². The molecular formula is C26H28O5. The molecule has 162 valence electrons. The maximum atomic E-state index is 12.2. The fraction of sp³-hybridized carbons (Fsp3) is 0.269. The van der Waals surface area contributed by atoms with Crippen LogP contribution in [0.3, 0.4) is 0 Å². The molecule has 5 nitrogen and oxygen atoms in total. The van der Waals surface area contributed by atoms with Gasteiger partial charge in [-0.1, -0.05) is 66.7 Å². The molecule has 0 aromatic heterocycles. The summed E-state index contributed by atoms with van der Waals surface area (Å²) in [6.45, 7) is 2.02. The molecule has 31 heavy (non-hydrogen) atoms. The zero-order chi connectivity index (χ0) is 22.3. The number of aliphatic carboxylic acids is 1. The van der Waals surface area contributed by atoms with Crippen LogP contribution in [0.5, 0.6) is 11.5 Å². The van der Waals surface area contributed by atoms with E-state index in [4.69, 9.17) is 14.2 Å².